The van der Waals surface area contributed by atoms with E-state index in [2.05, 4.69) is 4.98 Å². The minimum Gasteiger partial charge on any atom is -0.383 e. The lowest BCUT2D eigenvalue weighted by atomic mass is 9.98. The van der Waals surface area contributed by atoms with Crippen LogP contribution in [0, 0.1) is 0 Å². The standard InChI is InChI=1S/C16H19N3O2/c1-21-9-8-19-14(20)10-13(17)16(19)12-6-2-4-11-5-3-7-18-15(11)12/h2-7,13,16H,8-10,17H2,1H3. The molecule has 1 amide bonds. The molecule has 1 aromatic heterocycles. The molecule has 5 heteroatoms. The molecular formula is C16H19N3O2. The summed E-state index contributed by atoms with van der Waals surface area (Å²) in [7, 11) is 1.63. The summed E-state index contributed by atoms with van der Waals surface area (Å²) in [4.78, 5) is 18.5. The van der Waals surface area contributed by atoms with Gasteiger partial charge in [0.2, 0.25) is 5.91 Å². The first-order valence-corrected chi connectivity index (χ1v) is 7.10. The number of para-hydroxylation sites is 1. The topological polar surface area (TPSA) is 68.5 Å². The summed E-state index contributed by atoms with van der Waals surface area (Å²) in [6.07, 6.45) is 2.14. The Hall–Kier alpha value is -1.98. The van der Waals surface area contributed by atoms with Gasteiger partial charge in [0.15, 0.2) is 0 Å². The molecule has 2 aromatic rings. The van der Waals surface area contributed by atoms with Crippen LogP contribution in [0.15, 0.2) is 36.5 Å². The van der Waals surface area contributed by atoms with Gasteiger partial charge in [-0.1, -0.05) is 24.3 Å². The number of benzene rings is 1. The van der Waals surface area contributed by atoms with E-state index < -0.39 is 0 Å². The van der Waals surface area contributed by atoms with E-state index in [0.717, 1.165) is 16.5 Å². The second-order valence-electron chi connectivity index (χ2n) is 5.32. The molecule has 2 heterocycles. The third kappa shape index (κ3) is 2.50. The monoisotopic (exact) mass is 285 g/mol. The molecule has 1 aromatic carbocycles. The number of likely N-dealkylation sites (tertiary alicyclic amines) is 1. The number of ether oxygens (including phenoxy) is 1. The van der Waals surface area contributed by atoms with Crippen LogP contribution >= 0.6 is 0 Å². The average molecular weight is 285 g/mol. The summed E-state index contributed by atoms with van der Waals surface area (Å²) in [5.74, 6) is 0.0810. The SMILES string of the molecule is COCCN1C(=O)CC(N)C1c1cccc2cccnc12. The van der Waals surface area contributed by atoms with Gasteiger partial charge in [0.1, 0.15) is 0 Å². The van der Waals surface area contributed by atoms with Crippen LogP contribution in [0.3, 0.4) is 0 Å². The van der Waals surface area contributed by atoms with Crippen molar-refractivity contribution in [3.8, 4) is 0 Å². The number of aromatic nitrogens is 1. The number of nitrogens with two attached hydrogens (primary N) is 1. The predicted octanol–water partition coefficient (Wildman–Crippen LogP) is 1.48. The Balaban J connectivity index is 2.04. The van der Waals surface area contributed by atoms with Crippen LogP contribution in [-0.4, -0.2) is 42.1 Å². The van der Waals surface area contributed by atoms with Crippen LogP contribution in [0.5, 0.6) is 0 Å². The third-order valence-electron chi connectivity index (χ3n) is 3.99. The first-order chi connectivity index (χ1) is 10.2. The van der Waals surface area contributed by atoms with Gasteiger partial charge in [-0.05, 0) is 6.07 Å². The van der Waals surface area contributed by atoms with Crippen molar-refractivity contribution in [3.63, 3.8) is 0 Å². The van der Waals surface area contributed by atoms with Gasteiger partial charge in [-0.2, -0.15) is 0 Å². The molecule has 3 rings (SSSR count). The number of hydrogen-bond donors (Lipinski definition) is 1. The van der Waals surface area contributed by atoms with Crippen LogP contribution < -0.4 is 5.73 Å². The lowest BCUT2D eigenvalue weighted by Crippen LogP contribution is -2.35. The quantitative estimate of drug-likeness (QED) is 0.924. The molecule has 1 aliphatic rings. The zero-order chi connectivity index (χ0) is 14.8. The Morgan fingerprint density at radius 2 is 2.19 bits per heavy atom. The largest absolute Gasteiger partial charge is 0.383 e. The molecule has 0 radical (unpaired) electrons. The van der Waals surface area contributed by atoms with E-state index >= 15 is 0 Å². The maximum Gasteiger partial charge on any atom is 0.224 e. The molecule has 0 saturated carbocycles. The highest BCUT2D eigenvalue weighted by Gasteiger charge is 2.39. The van der Waals surface area contributed by atoms with Gasteiger partial charge in [-0.25, -0.2) is 0 Å². The molecule has 2 unspecified atom stereocenters. The fraction of sp³-hybridized carbons (Fsp3) is 0.375. The van der Waals surface area contributed by atoms with E-state index in [-0.39, 0.29) is 18.0 Å². The molecule has 1 aliphatic heterocycles. The minimum atomic E-state index is -0.207. The molecule has 0 spiro atoms. The van der Waals surface area contributed by atoms with Crippen molar-refractivity contribution < 1.29 is 9.53 Å². The molecule has 1 fully saturated rings. The second kappa shape index (κ2) is 5.79. The summed E-state index contributed by atoms with van der Waals surface area (Å²) >= 11 is 0. The Kier molecular flexibility index (Phi) is 3.86. The Labute approximate surface area is 123 Å². The number of hydrogen-bond acceptors (Lipinski definition) is 4. The van der Waals surface area contributed by atoms with Gasteiger partial charge in [0.25, 0.3) is 0 Å². The molecule has 1 saturated heterocycles. The fourth-order valence-electron chi connectivity index (χ4n) is 3.04. The summed E-state index contributed by atoms with van der Waals surface area (Å²) < 4.78 is 5.11. The van der Waals surface area contributed by atoms with E-state index in [4.69, 9.17) is 10.5 Å². The minimum absolute atomic E-state index is 0.0810. The maximum absolute atomic E-state index is 12.2. The van der Waals surface area contributed by atoms with E-state index in [1.807, 2.05) is 35.2 Å². The zero-order valence-corrected chi connectivity index (χ0v) is 12.0. The van der Waals surface area contributed by atoms with E-state index in [9.17, 15) is 4.79 Å². The maximum atomic E-state index is 12.2. The predicted molar refractivity (Wildman–Crippen MR) is 80.7 cm³/mol. The van der Waals surface area contributed by atoms with Crippen LogP contribution in [-0.2, 0) is 9.53 Å². The molecule has 110 valence electrons. The van der Waals surface area contributed by atoms with Crippen LogP contribution in [0.25, 0.3) is 10.9 Å². The lowest BCUT2D eigenvalue weighted by molar-refractivity contribution is -0.129. The summed E-state index contributed by atoms with van der Waals surface area (Å²) in [6.45, 7) is 1.06. The van der Waals surface area contributed by atoms with E-state index in [0.29, 0.717) is 19.6 Å². The fourth-order valence-corrected chi connectivity index (χ4v) is 3.04. The number of nitrogens with zero attached hydrogens (tertiary/aromatic N) is 2. The Morgan fingerprint density at radius 1 is 1.38 bits per heavy atom. The van der Waals surface area contributed by atoms with Crippen molar-refractivity contribution in [1.82, 2.24) is 9.88 Å². The first kappa shape index (κ1) is 14.0. The van der Waals surface area contributed by atoms with E-state index in [1.165, 1.54) is 0 Å². The zero-order valence-electron chi connectivity index (χ0n) is 12.0. The van der Waals surface area contributed by atoms with Crippen molar-refractivity contribution >= 4 is 16.8 Å². The normalized spacial score (nSPS) is 22.2. The molecule has 5 nitrogen and oxygen atoms in total. The molecule has 0 bridgehead atoms. The van der Waals surface area contributed by atoms with Crippen LogP contribution in [0.4, 0.5) is 0 Å². The van der Waals surface area contributed by atoms with Gasteiger partial charge in [0, 0.05) is 43.3 Å². The van der Waals surface area contributed by atoms with E-state index in [1.54, 1.807) is 13.3 Å². The molecule has 0 aliphatic carbocycles. The van der Waals surface area contributed by atoms with Crippen molar-refractivity contribution in [1.29, 1.82) is 0 Å². The Morgan fingerprint density at radius 3 is 3.00 bits per heavy atom. The lowest BCUT2D eigenvalue weighted by Gasteiger charge is -2.27. The van der Waals surface area contributed by atoms with Gasteiger partial charge < -0.3 is 15.4 Å². The molecular weight excluding hydrogens is 266 g/mol. The first-order valence-electron chi connectivity index (χ1n) is 7.10. The number of rotatable bonds is 4. The second-order valence-corrected chi connectivity index (χ2v) is 5.32. The average Bonchev–Trinajstić information content (AvgIpc) is 2.78. The number of fused-ring (bicyclic) bond motifs is 1. The van der Waals surface area contributed by atoms with Crippen LogP contribution in [0.2, 0.25) is 0 Å². The number of carbonyl (C=O) groups excluding carboxylic acids is 1. The van der Waals surface area contributed by atoms with Gasteiger partial charge >= 0.3 is 0 Å². The van der Waals surface area contributed by atoms with Crippen molar-refractivity contribution in [3.05, 3.63) is 42.1 Å². The molecule has 2 atom stereocenters. The summed E-state index contributed by atoms with van der Waals surface area (Å²) in [5, 5.41) is 1.06. The highest BCUT2D eigenvalue weighted by molar-refractivity contribution is 5.85. The number of methoxy groups -OCH3 is 1. The highest BCUT2D eigenvalue weighted by atomic mass is 16.5. The number of pyridine rings is 1. The third-order valence-corrected chi connectivity index (χ3v) is 3.99. The van der Waals surface area contributed by atoms with Crippen molar-refractivity contribution in [2.45, 2.75) is 18.5 Å². The summed E-state index contributed by atoms with van der Waals surface area (Å²) in [6, 6.07) is 9.62. The molecule has 21 heavy (non-hydrogen) atoms. The number of carbonyl (C=O) groups is 1. The smallest absolute Gasteiger partial charge is 0.224 e. The van der Waals surface area contributed by atoms with Crippen molar-refractivity contribution in [2.24, 2.45) is 5.73 Å². The Bertz CT molecular complexity index is 654. The summed E-state index contributed by atoms with van der Waals surface area (Å²) in [5.41, 5.74) is 8.15. The van der Waals surface area contributed by atoms with Crippen molar-refractivity contribution in [2.75, 3.05) is 20.3 Å². The highest BCUT2D eigenvalue weighted by Crippen LogP contribution is 2.34. The van der Waals surface area contributed by atoms with Crippen LogP contribution in [0.1, 0.15) is 18.0 Å². The van der Waals surface area contributed by atoms with Gasteiger partial charge in [-0.15, -0.1) is 0 Å². The van der Waals surface area contributed by atoms with Gasteiger partial charge in [-0.3, -0.25) is 9.78 Å². The number of amides is 1. The molecule has 2 N–H and O–H groups in total. The van der Waals surface area contributed by atoms with Gasteiger partial charge in [0.05, 0.1) is 18.2 Å².